The zero-order valence-corrected chi connectivity index (χ0v) is 5.71. The Kier molecular flexibility index (Phi) is 2.76. The second-order valence-corrected chi connectivity index (χ2v) is 1.88. The minimum Gasteiger partial charge on any atom is -0.369 e. The molecule has 0 saturated heterocycles. The van der Waals surface area contributed by atoms with E-state index in [4.69, 9.17) is 4.74 Å². The van der Waals surface area contributed by atoms with Crippen LogP contribution in [0.2, 0.25) is 0 Å². The monoisotopic (exact) mass is 141 g/mol. The summed E-state index contributed by atoms with van der Waals surface area (Å²) in [7, 11) is 0. The maximum absolute atomic E-state index is 5.22. The van der Waals surface area contributed by atoms with Gasteiger partial charge < -0.3 is 10.1 Å². The number of nitrogens with one attached hydrogen (secondary N) is 2. The molecule has 4 heteroatoms. The van der Waals surface area contributed by atoms with Crippen LogP contribution >= 0.6 is 0 Å². The Labute approximate surface area is 59.9 Å². The number of ether oxygens (including phenoxy) is 1. The summed E-state index contributed by atoms with van der Waals surface area (Å²) in [6.07, 6.45) is 4.25. The molecule has 1 aliphatic rings. The van der Waals surface area contributed by atoms with Crippen LogP contribution in [0.15, 0.2) is 17.9 Å². The second kappa shape index (κ2) is 3.90. The van der Waals surface area contributed by atoms with Crippen molar-refractivity contribution in [1.82, 2.24) is 10.7 Å². The number of hydrogen-bond donors (Lipinski definition) is 2. The van der Waals surface area contributed by atoms with Crippen molar-refractivity contribution in [3.63, 3.8) is 0 Å². The summed E-state index contributed by atoms with van der Waals surface area (Å²) in [5.41, 5.74) is 2.79. The maximum atomic E-state index is 5.22. The van der Waals surface area contributed by atoms with Gasteiger partial charge in [0.05, 0.1) is 0 Å². The standard InChI is InChI=1S/C6H11N3O/c1-2-7-5-10-6-3-4-8-9-6/h2,4,6-7,9H,1,3,5H2. The molecule has 0 fully saturated rings. The van der Waals surface area contributed by atoms with Crippen LogP contribution in [0.5, 0.6) is 0 Å². The molecule has 0 bridgehead atoms. The number of hydrazone groups is 1. The molecule has 1 aliphatic heterocycles. The van der Waals surface area contributed by atoms with Gasteiger partial charge in [0.1, 0.15) is 13.0 Å². The summed E-state index contributed by atoms with van der Waals surface area (Å²) in [6.45, 7) is 3.96. The molecule has 1 heterocycles. The fourth-order valence-electron chi connectivity index (χ4n) is 0.650. The van der Waals surface area contributed by atoms with Crippen LogP contribution in [0.1, 0.15) is 6.42 Å². The topological polar surface area (TPSA) is 45.6 Å². The molecule has 0 aromatic heterocycles. The highest BCUT2D eigenvalue weighted by Crippen LogP contribution is 1.96. The van der Waals surface area contributed by atoms with Crippen molar-refractivity contribution >= 4 is 6.21 Å². The first kappa shape index (κ1) is 7.08. The van der Waals surface area contributed by atoms with Crippen molar-refractivity contribution in [1.29, 1.82) is 0 Å². The Morgan fingerprint density at radius 2 is 2.90 bits per heavy atom. The summed E-state index contributed by atoms with van der Waals surface area (Å²) in [5, 5.41) is 6.61. The van der Waals surface area contributed by atoms with Crippen molar-refractivity contribution in [3.05, 3.63) is 12.8 Å². The fraction of sp³-hybridized carbons (Fsp3) is 0.500. The normalized spacial score (nSPS) is 22.2. The quantitative estimate of drug-likeness (QED) is 0.428. The first-order valence-electron chi connectivity index (χ1n) is 3.16. The summed E-state index contributed by atoms with van der Waals surface area (Å²) >= 11 is 0. The highest BCUT2D eigenvalue weighted by molar-refractivity contribution is 5.59. The molecule has 1 unspecified atom stereocenters. The summed E-state index contributed by atoms with van der Waals surface area (Å²) in [6, 6.07) is 0. The smallest absolute Gasteiger partial charge is 0.150 e. The van der Waals surface area contributed by atoms with E-state index >= 15 is 0 Å². The summed E-state index contributed by atoms with van der Waals surface area (Å²) < 4.78 is 5.22. The third kappa shape index (κ3) is 2.06. The molecule has 4 nitrogen and oxygen atoms in total. The van der Waals surface area contributed by atoms with E-state index in [9.17, 15) is 0 Å². The van der Waals surface area contributed by atoms with Gasteiger partial charge >= 0.3 is 0 Å². The maximum Gasteiger partial charge on any atom is 0.150 e. The highest BCUT2D eigenvalue weighted by Gasteiger charge is 2.08. The Hall–Kier alpha value is -1.03. The average molecular weight is 141 g/mol. The van der Waals surface area contributed by atoms with E-state index in [2.05, 4.69) is 22.4 Å². The predicted molar refractivity (Wildman–Crippen MR) is 39.3 cm³/mol. The van der Waals surface area contributed by atoms with Crippen molar-refractivity contribution in [2.45, 2.75) is 12.6 Å². The van der Waals surface area contributed by atoms with E-state index in [1.807, 2.05) is 0 Å². The predicted octanol–water partition coefficient (Wildman–Crippen LogP) is -0.00120. The first-order valence-corrected chi connectivity index (χ1v) is 3.16. The van der Waals surface area contributed by atoms with Gasteiger partial charge in [0, 0.05) is 12.6 Å². The average Bonchev–Trinajstić information content (AvgIpc) is 2.41. The molecule has 0 saturated carbocycles. The Bertz CT molecular complexity index is 127. The lowest BCUT2D eigenvalue weighted by molar-refractivity contribution is 0.0363. The number of hydrogen-bond acceptors (Lipinski definition) is 4. The Balaban J connectivity index is 1.98. The first-order chi connectivity index (χ1) is 4.93. The van der Waals surface area contributed by atoms with Crippen molar-refractivity contribution in [2.24, 2.45) is 5.10 Å². The highest BCUT2D eigenvalue weighted by atomic mass is 16.5. The van der Waals surface area contributed by atoms with E-state index in [1.54, 1.807) is 12.4 Å². The molecule has 0 spiro atoms. The third-order valence-corrected chi connectivity index (χ3v) is 1.14. The molecular formula is C6H11N3O. The number of rotatable bonds is 4. The van der Waals surface area contributed by atoms with Gasteiger partial charge in [-0.1, -0.05) is 6.58 Å². The van der Waals surface area contributed by atoms with Crippen LogP contribution < -0.4 is 10.7 Å². The van der Waals surface area contributed by atoms with Gasteiger partial charge in [-0.15, -0.1) is 0 Å². The van der Waals surface area contributed by atoms with Crippen LogP contribution in [0.3, 0.4) is 0 Å². The molecule has 56 valence electrons. The Morgan fingerprint density at radius 1 is 2.00 bits per heavy atom. The SMILES string of the molecule is C=CNCOC1CC=NN1. The van der Waals surface area contributed by atoms with Crippen molar-refractivity contribution in [2.75, 3.05) is 6.73 Å². The molecule has 1 atom stereocenters. The molecule has 0 aromatic rings. The lowest BCUT2D eigenvalue weighted by Crippen LogP contribution is -2.26. The van der Waals surface area contributed by atoms with Gasteiger partial charge in [0.15, 0.2) is 0 Å². The van der Waals surface area contributed by atoms with E-state index in [-0.39, 0.29) is 6.23 Å². The lowest BCUT2D eigenvalue weighted by atomic mass is 10.4. The van der Waals surface area contributed by atoms with Gasteiger partial charge in [0.2, 0.25) is 0 Å². The summed E-state index contributed by atoms with van der Waals surface area (Å²) in [5.74, 6) is 0. The van der Waals surface area contributed by atoms with Gasteiger partial charge in [-0.2, -0.15) is 5.10 Å². The van der Waals surface area contributed by atoms with Crippen molar-refractivity contribution in [3.8, 4) is 0 Å². The molecule has 0 amide bonds. The minimum atomic E-state index is 0.0347. The zero-order valence-electron chi connectivity index (χ0n) is 5.71. The van der Waals surface area contributed by atoms with Gasteiger partial charge in [-0.05, 0) is 6.20 Å². The zero-order chi connectivity index (χ0) is 7.23. The van der Waals surface area contributed by atoms with Crippen LogP contribution in [0, 0.1) is 0 Å². The van der Waals surface area contributed by atoms with Crippen LogP contribution in [0.25, 0.3) is 0 Å². The largest absolute Gasteiger partial charge is 0.369 e. The fourth-order valence-corrected chi connectivity index (χ4v) is 0.650. The van der Waals surface area contributed by atoms with Gasteiger partial charge in [-0.25, -0.2) is 0 Å². The molecule has 2 N–H and O–H groups in total. The van der Waals surface area contributed by atoms with E-state index in [0.29, 0.717) is 6.73 Å². The summed E-state index contributed by atoms with van der Waals surface area (Å²) in [4.78, 5) is 0. The van der Waals surface area contributed by atoms with Gasteiger partial charge in [0.25, 0.3) is 0 Å². The van der Waals surface area contributed by atoms with Crippen LogP contribution in [-0.2, 0) is 4.74 Å². The molecular weight excluding hydrogens is 130 g/mol. The molecule has 0 aliphatic carbocycles. The third-order valence-electron chi connectivity index (χ3n) is 1.14. The van der Waals surface area contributed by atoms with Crippen LogP contribution in [-0.4, -0.2) is 19.2 Å². The van der Waals surface area contributed by atoms with Crippen LogP contribution in [0.4, 0.5) is 0 Å². The molecule has 0 aromatic carbocycles. The Morgan fingerprint density at radius 3 is 3.50 bits per heavy atom. The van der Waals surface area contributed by atoms with Gasteiger partial charge in [-0.3, -0.25) is 5.43 Å². The minimum absolute atomic E-state index is 0.0347. The van der Waals surface area contributed by atoms with Crippen molar-refractivity contribution < 1.29 is 4.74 Å². The molecule has 10 heavy (non-hydrogen) atoms. The lowest BCUT2D eigenvalue weighted by Gasteiger charge is -2.09. The number of nitrogens with zero attached hydrogens (tertiary/aromatic N) is 1. The second-order valence-electron chi connectivity index (χ2n) is 1.88. The molecule has 0 radical (unpaired) electrons. The molecule has 1 rings (SSSR count). The van der Waals surface area contributed by atoms with E-state index < -0.39 is 0 Å². The van der Waals surface area contributed by atoms with E-state index in [1.165, 1.54) is 0 Å². The van der Waals surface area contributed by atoms with E-state index in [0.717, 1.165) is 6.42 Å².